The number of thioether (sulfide) groups is 1. The molecule has 3 rings (SSSR count). The molecule has 1 N–H and O–H groups in total. The highest BCUT2D eigenvalue weighted by molar-refractivity contribution is 7.98. The Bertz CT molecular complexity index is 660. The summed E-state index contributed by atoms with van der Waals surface area (Å²) in [6.45, 7) is 4.09. The van der Waals surface area contributed by atoms with Crippen molar-refractivity contribution in [1.29, 1.82) is 0 Å². The second-order valence-corrected chi connectivity index (χ2v) is 6.62. The second-order valence-electron chi connectivity index (χ2n) is 5.60. The minimum Gasteiger partial charge on any atom is -0.465 e. The fraction of sp³-hybridized carbons (Fsp3) is 0.316. The minimum absolute atomic E-state index is 0. The van der Waals surface area contributed by atoms with E-state index in [-0.39, 0.29) is 30.5 Å². The van der Waals surface area contributed by atoms with E-state index in [0.29, 0.717) is 6.61 Å². The van der Waals surface area contributed by atoms with Gasteiger partial charge in [-0.25, -0.2) is 0 Å². The van der Waals surface area contributed by atoms with Crippen LogP contribution in [-0.2, 0) is 15.3 Å². The Labute approximate surface area is 153 Å². The molecule has 5 heteroatoms. The number of halogens is 1. The number of nitrogens with one attached hydrogen (secondary N) is 1. The molecule has 2 aromatic carbocycles. The molecule has 1 aliphatic heterocycles. The lowest BCUT2D eigenvalue weighted by atomic mass is 9.94. The molecule has 0 aromatic heterocycles. The van der Waals surface area contributed by atoms with Crippen molar-refractivity contribution in [2.75, 3.05) is 6.61 Å². The molecule has 1 heterocycles. The van der Waals surface area contributed by atoms with E-state index in [1.807, 2.05) is 25.6 Å². The van der Waals surface area contributed by atoms with Crippen molar-refractivity contribution in [3.8, 4) is 0 Å². The third-order valence-corrected chi connectivity index (χ3v) is 5.17. The summed E-state index contributed by atoms with van der Waals surface area (Å²) < 4.78 is 5.15. The Morgan fingerprint density at radius 2 is 1.88 bits per heavy atom. The normalized spacial score (nSPS) is 16.8. The molecule has 0 spiro atoms. The lowest BCUT2D eigenvalue weighted by Crippen LogP contribution is -2.38. The Balaban J connectivity index is 0.00000208. The summed E-state index contributed by atoms with van der Waals surface area (Å²) >= 11 is 1.85. The van der Waals surface area contributed by atoms with Crippen LogP contribution in [0, 0.1) is 0 Å². The zero-order valence-corrected chi connectivity index (χ0v) is 15.5. The summed E-state index contributed by atoms with van der Waals surface area (Å²) in [6, 6.07) is 16.5. The van der Waals surface area contributed by atoms with Crippen LogP contribution in [-0.4, -0.2) is 18.6 Å². The average Bonchev–Trinajstić information content (AvgIpc) is 2.73. The van der Waals surface area contributed by atoms with Gasteiger partial charge in [0.05, 0.1) is 12.6 Å². The maximum absolute atomic E-state index is 12.0. The second kappa shape index (κ2) is 8.56. The minimum atomic E-state index is -0.357. The summed E-state index contributed by atoms with van der Waals surface area (Å²) in [6.07, 6.45) is 0. The molecule has 3 nitrogen and oxygen atoms in total. The highest BCUT2D eigenvalue weighted by atomic mass is 35.5. The first-order valence-corrected chi connectivity index (χ1v) is 8.91. The fourth-order valence-corrected chi connectivity index (χ4v) is 3.99. The number of rotatable bonds is 4. The van der Waals surface area contributed by atoms with Gasteiger partial charge in [-0.3, -0.25) is 10.1 Å². The molecular weight excluding hydrogens is 342 g/mol. The molecule has 0 amide bonds. The largest absolute Gasteiger partial charge is 0.465 e. The van der Waals surface area contributed by atoms with Gasteiger partial charge in [0.1, 0.15) is 6.04 Å². The van der Waals surface area contributed by atoms with Crippen LogP contribution in [0.1, 0.15) is 36.6 Å². The van der Waals surface area contributed by atoms with E-state index in [9.17, 15) is 4.79 Å². The quantitative estimate of drug-likeness (QED) is 0.820. The Morgan fingerprint density at radius 3 is 2.62 bits per heavy atom. The first kappa shape index (κ1) is 18.8. The van der Waals surface area contributed by atoms with Gasteiger partial charge in [0.2, 0.25) is 0 Å². The van der Waals surface area contributed by atoms with Gasteiger partial charge in [-0.1, -0.05) is 42.5 Å². The van der Waals surface area contributed by atoms with E-state index < -0.39 is 0 Å². The van der Waals surface area contributed by atoms with Crippen molar-refractivity contribution in [2.24, 2.45) is 0 Å². The fourth-order valence-electron chi connectivity index (χ4n) is 2.89. The smallest absolute Gasteiger partial charge is 0.322 e. The highest BCUT2D eigenvalue weighted by Crippen LogP contribution is 2.39. The zero-order valence-electron chi connectivity index (χ0n) is 13.8. The molecule has 128 valence electrons. The van der Waals surface area contributed by atoms with E-state index in [1.165, 1.54) is 21.6 Å². The van der Waals surface area contributed by atoms with Gasteiger partial charge in [0.15, 0.2) is 0 Å². The number of carbonyl (C=O) groups is 1. The third kappa shape index (κ3) is 3.94. The summed E-state index contributed by atoms with van der Waals surface area (Å²) in [7, 11) is 0. The van der Waals surface area contributed by atoms with Crippen molar-refractivity contribution in [3.63, 3.8) is 0 Å². The van der Waals surface area contributed by atoms with Gasteiger partial charge in [-0.2, -0.15) is 0 Å². The highest BCUT2D eigenvalue weighted by Gasteiger charge is 2.27. The van der Waals surface area contributed by atoms with E-state index in [0.717, 1.165) is 5.75 Å². The predicted octanol–water partition coefficient (Wildman–Crippen LogP) is 4.34. The van der Waals surface area contributed by atoms with Crippen LogP contribution in [0.15, 0.2) is 53.4 Å². The van der Waals surface area contributed by atoms with Gasteiger partial charge in [-0.05, 0) is 36.6 Å². The molecule has 24 heavy (non-hydrogen) atoms. The SMILES string of the molecule is CCOC(=O)[C@H](C)NC1c2ccccc2CSc2ccccc21.Cl. The number of benzene rings is 2. The molecule has 1 unspecified atom stereocenters. The van der Waals surface area contributed by atoms with E-state index in [4.69, 9.17) is 4.74 Å². The maximum Gasteiger partial charge on any atom is 0.322 e. The van der Waals surface area contributed by atoms with Crippen LogP contribution in [0.25, 0.3) is 0 Å². The van der Waals surface area contributed by atoms with Gasteiger partial charge in [0.25, 0.3) is 0 Å². The van der Waals surface area contributed by atoms with Crippen LogP contribution < -0.4 is 5.32 Å². The van der Waals surface area contributed by atoms with Crippen LogP contribution in [0.2, 0.25) is 0 Å². The summed E-state index contributed by atoms with van der Waals surface area (Å²) in [5.74, 6) is 0.735. The molecule has 2 aromatic rings. The Hall–Kier alpha value is -1.49. The molecule has 1 aliphatic rings. The summed E-state index contributed by atoms with van der Waals surface area (Å²) in [4.78, 5) is 13.3. The molecule has 0 saturated heterocycles. The molecular formula is C19H22ClNO2S. The Morgan fingerprint density at radius 1 is 1.21 bits per heavy atom. The molecule has 0 aliphatic carbocycles. The standard InChI is InChI=1S/C19H21NO2S.ClH/c1-3-22-19(21)13(2)20-18-15-9-5-4-8-14(15)12-23-17-11-7-6-10-16(17)18;/h4-11,13,18,20H,3,12H2,1-2H3;1H/t13-,18?;/m0./s1. The van der Waals surface area contributed by atoms with Crippen LogP contribution >= 0.6 is 24.2 Å². The molecule has 2 atom stereocenters. The molecule has 0 bridgehead atoms. The zero-order chi connectivity index (χ0) is 16.2. The Kier molecular flexibility index (Phi) is 6.72. The van der Waals surface area contributed by atoms with Gasteiger partial charge in [-0.15, -0.1) is 24.2 Å². The molecule has 0 saturated carbocycles. The first-order valence-electron chi connectivity index (χ1n) is 7.93. The predicted molar refractivity (Wildman–Crippen MR) is 101 cm³/mol. The van der Waals surface area contributed by atoms with Crippen molar-refractivity contribution >= 4 is 30.1 Å². The number of carbonyl (C=O) groups excluding carboxylic acids is 1. The molecule has 0 fully saturated rings. The van der Waals surface area contributed by atoms with Crippen molar-refractivity contribution < 1.29 is 9.53 Å². The number of ether oxygens (including phenoxy) is 1. The van der Waals surface area contributed by atoms with Crippen molar-refractivity contribution in [3.05, 3.63) is 65.2 Å². The van der Waals surface area contributed by atoms with Gasteiger partial charge >= 0.3 is 5.97 Å². The van der Waals surface area contributed by atoms with Crippen LogP contribution in [0.4, 0.5) is 0 Å². The average molecular weight is 364 g/mol. The maximum atomic E-state index is 12.0. The summed E-state index contributed by atoms with van der Waals surface area (Å²) in [5, 5.41) is 3.47. The van der Waals surface area contributed by atoms with E-state index >= 15 is 0 Å². The number of esters is 1. The number of fused-ring (bicyclic) bond motifs is 2. The number of hydrogen-bond acceptors (Lipinski definition) is 4. The van der Waals surface area contributed by atoms with Gasteiger partial charge in [0, 0.05) is 10.6 Å². The van der Waals surface area contributed by atoms with Crippen molar-refractivity contribution in [1.82, 2.24) is 5.32 Å². The number of hydrogen-bond donors (Lipinski definition) is 1. The lowest BCUT2D eigenvalue weighted by Gasteiger charge is -2.24. The monoisotopic (exact) mass is 363 g/mol. The van der Waals surface area contributed by atoms with E-state index in [1.54, 1.807) is 0 Å². The van der Waals surface area contributed by atoms with Crippen molar-refractivity contribution in [2.45, 2.75) is 36.6 Å². The first-order chi connectivity index (χ1) is 11.2. The van der Waals surface area contributed by atoms with Crippen LogP contribution in [0.3, 0.4) is 0 Å². The summed E-state index contributed by atoms with van der Waals surface area (Å²) in [5.41, 5.74) is 3.77. The topological polar surface area (TPSA) is 38.3 Å². The molecule has 0 radical (unpaired) electrons. The lowest BCUT2D eigenvalue weighted by molar-refractivity contribution is -0.145. The van der Waals surface area contributed by atoms with Crippen LogP contribution in [0.5, 0.6) is 0 Å². The van der Waals surface area contributed by atoms with Gasteiger partial charge < -0.3 is 4.74 Å². The van der Waals surface area contributed by atoms with E-state index in [2.05, 4.69) is 53.8 Å². The third-order valence-electron chi connectivity index (χ3n) is 4.04.